The fourth-order valence-corrected chi connectivity index (χ4v) is 3.55. The number of unbranched alkanes of at least 4 members (excludes halogenated alkanes) is 14. The molecule has 0 aliphatic heterocycles. The third-order valence-electron chi connectivity index (χ3n) is 5.42. The molecule has 1 aromatic heterocycles. The molecule has 0 unspecified atom stereocenters. The monoisotopic (exact) mass is 424 g/mol. The fourth-order valence-electron chi connectivity index (χ4n) is 3.55. The van der Waals surface area contributed by atoms with Gasteiger partial charge >= 0.3 is 11.9 Å². The Morgan fingerprint density at radius 2 is 1.17 bits per heavy atom. The summed E-state index contributed by atoms with van der Waals surface area (Å²) in [6.45, 7) is 5.43. The van der Waals surface area contributed by atoms with Crippen molar-refractivity contribution in [2.45, 2.75) is 117 Å². The molecular formula is C25H44O5. The third-order valence-corrected chi connectivity index (χ3v) is 5.42. The summed E-state index contributed by atoms with van der Waals surface area (Å²) in [5.41, 5.74) is 0.00845. The number of carbonyl (C=O) groups is 1. The Morgan fingerprint density at radius 1 is 0.733 bits per heavy atom. The SMILES string of the molecule is CCCCCCCCCCOc1coc(OCCCCCCCCCC)c1C(=O)O. The molecule has 0 saturated heterocycles. The lowest BCUT2D eigenvalue weighted by Crippen LogP contribution is -2.05. The van der Waals surface area contributed by atoms with Crippen LogP contribution < -0.4 is 9.47 Å². The zero-order valence-electron chi connectivity index (χ0n) is 19.4. The van der Waals surface area contributed by atoms with Gasteiger partial charge in [0, 0.05) is 0 Å². The van der Waals surface area contributed by atoms with Gasteiger partial charge in [-0.2, -0.15) is 0 Å². The van der Waals surface area contributed by atoms with Crippen molar-refractivity contribution in [1.82, 2.24) is 0 Å². The Kier molecular flexibility index (Phi) is 16.0. The minimum atomic E-state index is -1.07. The van der Waals surface area contributed by atoms with E-state index >= 15 is 0 Å². The molecule has 1 rings (SSSR count). The minimum Gasteiger partial charge on any atom is -0.489 e. The summed E-state index contributed by atoms with van der Waals surface area (Å²) in [6, 6.07) is 0. The summed E-state index contributed by atoms with van der Waals surface area (Å²) >= 11 is 0. The van der Waals surface area contributed by atoms with Crippen LogP contribution in [0.25, 0.3) is 0 Å². The predicted molar refractivity (Wildman–Crippen MR) is 122 cm³/mol. The molecule has 1 heterocycles. The highest BCUT2D eigenvalue weighted by atomic mass is 16.6. The highest BCUT2D eigenvalue weighted by molar-refractivity contribution is 5.93. The van der Waals surface area contributed by atoms with E-state index in [0.29, 0.717) is 13.2 Å². The van der Waals surface area contributed by atoms with Crippen molar-refractivity contribution in [2.24, 2.45) is 0 Å². The Labute approximate surface area is 183 Å². The maximum atomic E-state index is 11.6. The molecule has 0 spiro atoms. The quantitative estimate of drug-likeness (QED) is 0.202. The number of furan rings is 1. The first-order chi connectivity index (χ1) is 14.7. The summed E-state index contributed by atoms with van der Waals surface area (Å²) in [6.07, 6.45) is 20.8. The summed E-state index contributed by atoms with van der Waals surface area (Å²) in [5, 5.41) is 9.50. The topological polar surface area (TPSA) is 68.9 Å². The largest absolute Gasteiger partial charge is 0.489 e. The van der Waals surface area contributed by atoms with E-state index in [1.165, 1.54) is 83.3 Å². The van der Waals surface area contributed by atoms with E-state index in [1.54, 1.807) is 0 Å². The molecular weight excluding hydrogens is 380 g/mol. The Balaban J connectivity index is 2.20. The van der Waals surface area contributed by atoms with E-state index in [9.17, 15) is 9.90 Å². The number of aromatic carboxylic acids is 1. The summed E-state index contributed by atoms with van der Waals surface area (Å²) in [7, 11) is 0. The molecule has 1 aromatic rings. The first kappa shape index (κ1) is 26.4. The van der Waals surface area contributed by atoms with Gasteiger partial charge in [-0.25, -0.2) is 4.79 Å². The van der Waals surface area contributed by atoms with Crippen LogP contribution in [0.4, 0.5) is 0 Å². The normalized spacial score (nSPS) is 11.0. The van der Waals surface area contributed by atoms with Gasteiger partial charge in [0.1, 0.15) is 6.26 Å². The molecule has 5 nitrogen and oxygen atoms in total. The van der Waals surface area contributed by atoms with E-state index in [4.69, 9.17) is 13.9 Å². The highest BCUT2D eigenvalue weighted by Crippen LogP contribution is 2.31. The number of carboxylic acids is 1. The van der Waals surface area contributed by atoms with Crippen LogP contribution in [0.2, 0.25) is 0 Å². The molecule has 0 amide bonds. The van der Waals surface area contributed by atoms with Crippen LogP contribution in [0.1, 0.15) is 127 Å². The van der Waals surface area contributed by atoms with Gasteiger partial charge in [-0.15, -0.1) is 0 Å². The first-order valence-corrected chi connectivity index (χ1v) is 12.3. The molecule has 1 N–H and O–H groups in total. The van der Waals surface area contributed by atoms with Gasteiger partial charge in [-0.3, -0.25) is 0 Å². The zero-order chi connectivity index (χ0) is 21.9. The van der Waals surface area contributed by atoms with Crippen molar-refractivity contribution in [2.75, 3.05) is 13.2 Å². The van der Waals surface area contributed by atoms with Gasteiger partial charge in [0.05, 0.1) is 13.2 Å². The minimum absolute atomic E-state index is 0.00845. The average molecular weight is 425 g/mol. The molecule has 0 fully saturated rings. The van der Waals surface area contributed by atoms with Crippen molar-refractivity contribution in [3.8, 4) is 11.7 Å². The van der Waals surface area contributed by atoms with Crippen LogP contribution in [0.15, 0.2) is 10.7 Å². The molecule has 0 aromatic carbocycles. The van der Waals surface area contributed by atoms with Crippen LogP contribution in [-0.4, -0.2) is 24.3 Å². The Bertz CT molecular complexity index is 498. The molecule has 0 radical (unpaired) electrons. The van der Waals surface area contributed by atoms with Crippen LogP contribution in [0.3, 0.4) is 0 Å². The van der Waals surface area contributed by atoms with Gasteiger partial charge in [0.15, 0.2) is 11.3 Å². The van der Waals surface area contributed by atoms with Crippen molar-refractivity contribution >= 4 is 5.97 Å². The summed E-state index contributed by atoms with van der Waals surface area (Å²) in [5.74, 6) is -0.728. The number of carboxylic acid groups (broad SMARTS) is 1. The molecule has 5 heteroatoms. The predicted octanol–water partition coefficient (Wildman–Crippen LogP) is 8.02. The van der Waals surface area contributed by atoms with Crippen LogP contribution in [0, 0.1) is 0 Å². The van der Waals surface area contributed by atoms with E-state index in [0.717, 1.165) is 25.7 Å². The van der Waals surface area contributed by atoms with Gasteiger partial charge in [0.2, 0.25) is 0 Å². The van der Waals surface area contributed by atoms with Crippen LogP contribution in [-0.2, 0) is 0 Å². The lowest BCUT2D eigenvalue weighted by atomic mass is 10.1. The second-order valence-corrected chi connectivity index (χ2v) is 8.21. The van der Waals surface area contributed by atoms with Crippen molar-refractivity contribution in [3.63, 3.8) is 0 Å². The molecule has 174 valence electrons. The molecule has 0 atom stereocenters. The maximum absolute atomic E-state index is 11.6. The smallest absolute Gasteiger partial charge is 0.346 e. The Morgan fingerprint density at radius 3 is 1.63 bits per heavy atom. The lowest BCUT2D eigenvalue weighted by Gasteiger charge is -2.06. The number of hydrogen-bond acceptors (Lipinski definition) is 4. The number of hydrogen-bond donors (Lipinski definition) is 1. The highest BCUT2D eigenvalue weighted by Gasteiger charge is 2.23. The van der Waals surface area contributed by atoms with E-state index < -0.39 is 5.97 Å². The van der Waals surface area contributed by atoms with E-state index in [2.05, 4.69) is 13.8 Å². The lowest BCUT2D eigenvalue weighted by molar-refractivity contribution is 0.0684. The van der Waals surface area contributed by atoms with Gasteiger partial charge < -0.3 is 19.0 Å². The van der Waals surface area contributed by atoms with Gasteiger partial charge in [-0.1, -0.05) is 104 Å². The molecule has 0 aliphatic carbocycles. The van der Waals surface area contributed by atoms with E-state index in [1.807, 2.05) is 0 Å². The number of ether oxygens (including phenoxy) is 2. The van der Waals surface area contributed by atoms with Crippen molar-refractivity contribution in [1.29, 1.82) is 0 Å². The molecule has 0 saturated carbocycles. The third kappa shape index (κ3) is 12.1. The molecule has 0 aliphatic rings. The number of rotatable bonds is 21. The zero-order valence-corrected chi connectivity index (χ0v) is 19.4. The Hall–Kier alpha value is -1.65. The maximum Gasteiger partial charge on any atom is 0.346 e. The molecule has 30 heavy (non-hydrogen) atoms. The van der Waals surface area contributed by atoms with E-state index in [-0.39, 0.29) is 17.3 Å². The van der Waals surface area contributed by atoms with Crippen molar-refractivity contribution in [3.05, 3.63) is 11.8 Å². The summed E-state index contributed by atoms with van der Waals surface area (Å²) < 4.78 is 16.6. The average Bonchev–Trinajstić information content (AvgIpc) is 3.14. The van der Waals surface area contributed by atoms with Gasteiger partial charge in [0.25, 0.3) is 0 Å². The molecule has 0 bridgehead atoms. The van der Waals surface area contributed by atoms with Crippen molar-refractivity contribution < 1.29 is 23.8 Å². The van der Waals surface area contributed by atoms with Crippen LogP contribution >= 0.6 is 0 Å². The standard InChI is InChI=1S/C25H44O5/c1-3-5-7-9-11-13-15-17-19-28-22-21-30-25(23(22)24(26)27)29-20-18-16-14-12-10-8-6-4-2/h21H,3-20H2,1-2H3,(H,26,27). The van der Waals surface area contributed by atoms with Crippen LogP contribution in [0.5, 0.6) is 11.7 Å². The first-order valence-electron chi connectivity index (χ1n) is 12.3. The second-order valence-electron chi connectivity index (χ2n) is 8.21. The fraction of sp³-hybridized carbons (Fsp3) is 0.800. The second kappa shape index (κ2) is 18.1. The summed E-state index contributed by atoms with van der Waals surface area (Å²) in [4.78, 5) is 11.6. The van der Waals surface area contributed by atoms with Gasteiger partial charge in [-0.05, 0) is 12.8 Å².